The highest BCUT2D eigenvalue weighted by Crippen LogP contribution is 2.20. The van der Waals surface area contributed by atoms with E-state index in [0.717, 1.165) is 55.8 Å². The van der Waals surface area contributed by atoms with E-state index in [1.807, 2.05) is 18.2 Å². The Morgan fingerprint density at radius 1 is 0.974 bits per heavy atom. The molecule has 4 rings (SSSR count). The Morgan fingerprint density at radius 3 is 2.47 bits per heavy atom. The molecular formula is C31H39FN4OS. The minimum Gasteiger partial charge on any atom is -0.352 e. The molecule has 38 heavy (non-hydrogen) atoms. The summed E-state index contributed by atoms with van der Waals surface area (Å²) in [5.74, 6) is 1.68. The molecule has 1 aliphatic carbocycles. The number of hydrogen-bond donors (Lipinski definition) is 2. The van der Waals surface area contributed by atoms with Crippen molar-refractivity contribution in [2.45, 2.75) is 71.4 Å². The van der Waals surface area contributed by atoms with Crippen LogP contribution in [-0.2, 0) is 30.7 Å². The van der Waals surface area contributed by atoms with Gasteiger partial charge in [-0.05, 0) is 74.5 Å². The van der Waals surface area contributed by atoms with Gasteiger partial charge in [-0.15, -0.1) is 10.2 Å². The second kappa shape index (κ2) is 16.6. The first-order valence-corrected chi connectivity index (χ1v) is 14.0. The van der Waals surface area contributed by atoms with Gasteiger partial charge in [-0.2, -0.15) is 12.6 Å². The number of halogens is 1. The average Bonchev–Trinajstić information content (AvgIpc) is 3.39. The Bertz CT molecular complexity index is 1170. The molecule has 0 fully saturated rings. The van der Waals surface area contributed by atoms with Crippen LogP contribution >= 0.6 is 12.6 Å². The summed E-state index contributed by atoms with van der Waals surface area (Å²) in [7, 11) is 0. The molecule has 1 aromatic heterocycles. The molecule has 202 valence electrons. The van der Waals surface area contributed by atoms with E-state index in [2.05, 4.69) is 63.9 Å². The lowest BCUT2D eigenvalue weighted by molar-refractivity contribution is -0.121. The highest BCUT2D eigenvalue weighted by atomic mass is 32.1. The van der Waals surface area contributed by atoms with Crippen LogP contribution in [0, 0.1) is 5.82 Å². The maximum Gasteiger partial charge on any atom is 0.220 e. The van der Waals surface area contributed by atoms with Crippen molar-refractivity contribution in [1.29, 1.82) is 0 Å². The second-order valence-corrected chi connectivity index (χ2v) is 10.0. The molecule has 0 aliphatic heterocycles. The topological polar surface area (TPSA) is 59.8 Å². The zero-order valence-corrected chi connectivity index (χ0v) is 23.2. The lowest BCUT2D eigenvalue weighted by atomic mass is 9.98. The quantitative estimate of drug-likeness (QED) is 0.202. The molecule has 7 heteroatoms. The van der Waals surface area contributed by atoms with Crippen LogP contribution in [0.5, 0.6) is 0 Å². The predicted molar refractivity (Wildman–Crippen MR) is 156 cm³/mol. The fourth-order valence-electron chi connectivity index (χ4n) is 4.15. The Kier molecular flexibility index (Phi) is 12.8. The highest BCUT2D eigenvalue weighted by Gasteiger charge is 2.07. The minimum atomic E-state index is -0.272. The summed E-state index contributed by atoms with van der Waals surface area (Å²) in [6, 6.07) is 16.5. The smallest absolute Gasteiger partial charge is 0.220 e. The Hall–Kier alpha value is -3.19. The number of aromatic nitrogens is 3. The Morgan fingerprint density at radius 2 is 1.76 bits per heavy atom. The molecule has 2 aromatic carbocycles. The van der Waals surface area contributed by atoms with Crippen LogP contribution in [0.2, 0.25) is 0 Å². The molecule has 1 N–H and O–H groups in total. The van der Waals surface area contributed by atoms with Gasteiger partial charge in [0.05, 0.1) is 0 Å². The molecule has 5 nitrogen and oxygen atoms in total. The fraction of sp³-hybridized carbons (Fsp3) is 0.387. The van der Waals surface area contributed by atoms with Gasteiger partial charge >= 0.3 is 0 Å². The maximum atomic E-state index is 12.9. The van der Waals surface area contributed by atoms with Gasteiger partial charge in [0.25, 0.3) is 0 Å². The average molecular weight is 535 g/mol. The standard InChI is InChI=1S/C22H25FN4O.C9H14S/c23-20-12-10-19(11-13-20)16-24-22(28)9-5-4-8-21-26-25-17-27(21)15-14-18-6-2-1-3-7-18;1-8-2-4-9(5-3-8)6-7-10/h1-3,6-7,10-13,17H,4-5,8-9,14-16H2,(H,24,28);2,4,10H,3,5-7H2,1H3. The van der Waals surface area contributed by atoms with Crippen LogP contribution in [0.3, 0.4) is 0 Å². The highest BCUT2D eigenvalue weighted by molar-refractivity contribution is 7.80. The van der Waals surface area contributed by atoms with Crippen LogP contribution in [0.15, 0.2) is 84.2 Å². The number of nitrogens with zero attached hydrogens (tertiary/aromatic N) is 3. The van der Waals surface area contributed by atoms with Crippen molar-refractivity contribution >= 4 is 18.5 Å². The maximum absolute atomic E-state index is 12.9. The molecule has 0 atom stereocenters. The van der Waals surface area contributed by atoms with E-state index in [1.54, 1.807) is 24.0 Å². The molecule has 3 aromatic rings. The van der Waals surface area contributed by atoms with Crippen LogP contribution in [0.25, 0.3) is 0 Å². The normalized spacial score (nSPS) is 12.7. The molecule has 0 bridgehead atoms. The van der Waals surface area contributed by atoms with Crippen molar-refractivity contribution in [2.75, 3.05) is 5.75 Å². The van der Waals surface area contributed by atoms with E-state index in [9.17, 15) is 9.18 Å². The van der Waals surface area contributed by atoms with Crippen molar-refractivity contribution in [2.24, 2.45) is 0 Å². The summed E-state index contributed by atoms with van der Waals surface area (Å²) in [5.41, 5.74) is 5.24. The number of nitrogens with one attached hydrogen (secondary N) is 1. The van der Waals surface area contributed by atoms with Crippen LogP contribution in [-0.4, -0.2) is 26.4 Å². The van der Waals surface area contributed by atoms with E-state index in [1.165, 1.54) is 36.1 Å². The van der Waals surface area contributed by atoms with Crippen molar-refractivity contribution in [1.82, 2.24) is 20.1 Å². The first-order chi connectivity index (χ1) is 18.5. The Labute approximate surface area is 231 Å². The van der Waals surface area contributed by atoms with Gasteiger partial charge < -0.3 is 9.88 Å². The van der Waals surface area contributed by atoms with Gasteiger partial charge in [0.15, 0.2) is 0 Å². The molecule has 1 heterocycles. The third-order valence-electron chi connectivity index (χ3n) is 6.51. The molecule has 0 saturated heterocycles. The van der Waals surface area contributed by atoms with Crippen molar-refractivity contribution in [3.8, 4) is 0 Å². The number of benzene rings is 2. The monoisotopic (exact) mass is 534 g/mol. The van der Waals surface area contributed by atoms with Gasteiger partial charge in [0.2, 0.25) is 5.91 Å². The van der Waals surface area contributed by atoms with E-state index >= 15 is 0 Å². The Balaban J connectivity index is 0.000000336. The molecule has 1 amide bonds. The third-order valence-corrected chi connectivity index (χ3v) is 6.74. The zero-order chi connectivity index (χ0) is 27.0. The van der Waals surface area contributed by atoms with Gasteiger partial charge in [-0.3, -0.25) is 4.79 Å². The number of unbranched alkanes of at least 4 members (excludes halogenated alkanes) is 1. The van der Waals surface area contributed by atoms with Crippen molar-refractivity contribution in [3.63, 3.8) is 0 Å². The summed E-state index contributed by atoms with van der Waals surface area (Å²) in [4.78, 5) is 12.0. The molecular weight excluding hydrogens is 495 g/mol. The first kappa shape index (κ1) is 29.4. The molecule has 0 saturated carbocycles. The van der Waals surface area contributed by atoms with Gasteiger partial charge in [-0.25, -0.2) is 4.39 Å². The lowest BCUT2D eigenvalue weighted by Crippen LogP contribution is -2.22. The van der Waals surface area contributed by atoms with Crippen LogP contribution < -0.4 is 5.32 Å². The lowest BCUT2D eigenvalue weighted by Gasteiger charge is -2.09. The SMILES string of the molecule is CC1=CC=C(CCS)CC1.O=C(CCCCc1nncn1CCc1ccccc1)NCc1ccc(F)cc1. The van der Waals surface area contributed by atoms with Gasteiger partial charge in [-0.1, -0.05) is 65.8 Å². The number of amides is 1. The number of aryl methyl sites for hydroxylation is 3. The van der Waals surface area contributed by atoms with E-state index in [4.69, 9.17) is 0 Å². The molecule has 0 spiro atoms. The van der Waals surface area contributed by atoms with Crippen molar-refractivity contribution in [3.05, 3.63) is 107 Å². The van der Waals surface area contributed by atoms with Crippen molar-refractivity contribution < 1.29 is 9.18 Å². The summed E-state index contributed by atoms with van der Waals surface area (Å²) in [5, 5.41) is 11.1. The van der Waals surface area contributed by atoms with E-state index < -0.39 is 0 Å². The second-order valence-electron chi connectivity index (χ2n) is 9.60. The third kappa shape index (κ3) is 11.1. The van der Waals surface area contributed by atoms with Gasteiger partial charge in [0.1, 0.15) is 18.0 Å². The van der Waals surface area contributed by atoms with Crippen LogP contribution in [0.1, 0.15) is 62.4 Å². The van der Waals surface area contributed by atoms with Gasteiger partial charge in [0, 0.05) is 25.9 Å². The number of hydrogen-bond acceptors (Lipinski definition) is 4. The van der Waals surface area contributed by atoms with E-state index in [0.29, 0.717) is 13.0 Å². The number of carbonyl (C=O) groups is 1. The summed E-state index contributed by atoms with van der Waals surface area (Å²) in [6.07, 6.45) is 13.8. The first-order valence-electron chi connectivity index (χ1n) is 13.4. The molecule has 1 aliphatic rings. The summed E-state index contributed by atoms with van der Waals surface area (Å²) < 4.78 is 15.0. The fourth-order valence-corrected chi connectivity index (χ4v) is 4.44. The number of allylic oxidation sites excluding steroid dienone is 4. The summed E-state index contributed by atoms with van der Waals surface area (Å²) >= 11 is 4.19. The number of rotatable bonds is 12. The zero-order valence-electron chi connectivity index (χ0n) is 22.3. The summed E-state index contributed by atoms with van der Waals surface area (Å²) in [6.45, 7) is 3.46. The predicted octanol–water partition coefficient (Wildman–Crippen LogP) is 6.66. The minimum absolute atomic E-state index is 0.00914. The molecule has 0 unspecified atom stereocenters. The largest absolute Gasteiger partial charge is 0.352 e. The van der Waals surface area contributed by atoms with E-state index in [-0.39, 0.29) is 11.7 Å². The molecule has 0 radical (unpaired) electrons. The number of carbonyl (C=O) groups excluding carboxylic acids is 1. The van der Waals surface area contributed by atoms with Crippen LogP contribution in [0.4, 0.5) is 4.39 Å². The number of thiol groups is 1.